The number of pyridine rings is 1. The van der Waals surface area contributed by atoms with Gasteiger partial charge in [0, 0.05) is 19.8 Å². The molecule has 1 amide bonds. The molecule has 0 N–H and O–H groups in total. The summed E-state index contributed by atoms with van der Waals surface area (Å²) >= 11 is 3.25. The van der Waals surface area contributed by atoms with E-state index in [2.05, 4.69) is 20.9 Å². The summed E-state index contributed by atoms with van der Waals surface area (Å²) in [7, 11) is 3.39. The lowest BCUT2D eigenvalue weighted by atomic mass is 10.2. The van der Waals surface area contributed by atoms with Crippen molar-refractivity contribution in [1.29, 1.82) is 0 Å². The van der Waals surface area contributed by atoms with Gasteiger partial charge >= 0.3 is 0 Å². The average molecular weight is 335 g/mol. The summed E-state index contributed by atoms with van der Waals surface area (Å²) in [6.07, 6.45) is 1.56. The molecule has 1 aromatic carbocycles. The van der Waals surface area contributed by atoms with Crippen LogP contribution >= 0.6 is 15.9 Å². The van der Waals surface area contributed by atoms with Gasteiger partial charge in [-0.25, -0.2) is 4.98 Å². The number of nitrogens with zero attached hydrogens (tertiary/aromatic N) is 2. The first-order valence-corrected chi connectivity index (χ1v) is 6.89. The van der Waals surface area contributed by atoms with Gasteiger partial charge in [0.2, 0.25) is 0 Å². The van der Waals surface area contributed by atoms with Crippen molar-refractivity contribution >= 4 is 21.8 Å². The zero-order valence-corrected chi connectivity index (χ0v) is 12.9. The number of amides is 1. The maximum absolute atomic E-state index is 12.3. The van der Waals surface area contributed by atoms with Crippen LogP contribution in [0.25, 0.3) is 0 Å². The van der Waals surface area contributed by atoms with Crippen LogP contribution in [0.5, 0.6) is 5.75 Å². The Balaban J connectivity index is 2.09. The summed E-state index contributed by atoms with van der Waals surface area (Å²) in [5.41, 5.74) is 1.59. The number of carbonyl (C=O) groups is 1. The highest BCUT2D eigenvalue weighted by molar-refractivity contribution is 9.10. The number of benzene rings is 1. The van der Waals surface area contributed by atoms with Crippen molar-refractivity contribution in [2.45, 2.75) is 6.54 Å². The predicted octanol–water partition coefficient (Wildman–Crippen LogP) is 3.12. The Kier molecular flexibility index (Phi) is 4.74. The lowest BCUT2D eigenvalue weighted by Gasteiger charge is -2.17. The molecule has 0 fully saturated rings. The van der Waals surface area contributed by atoms with E-state index in [9.17, 15) is 4.79 Å². The fourth-order valence-electron chi connectivity index (χ4n) is 1.84. The van der Waals surface area contributed by atoms with E-state index in [1.165, 1.54) is 0 Å². The van der Waals surface area contributed by atoms with Gasteiger partial charge in [-0.15, -0.1) is 0 Å². The van der Waals surface area contributed by atoms with E-state index in [0.717, 1.165) is 11.3 Å². The van der Waals surface area contributed by atoms with Crippen LogP contribution in [0.2, 0.25) is 0 Å². The second-order valence-corrected chi connectivity index (χ2v) is 5.19. The number of ether oxygens (including phenoxy) is 1. The van der Waals surface area contributed by atoms with E-state index >= 15 is 0 Å². The van der Waals surface area contributed by atoms with Crippen molar-refractivity contribution in [1.82, 2.24) is 9.88 Å². The minimum atomic E-state index is -0.0622. The summed E-state index contributed by atoms with van der Waals surface area (Å²) in [5.74, 6) is 0.724. The van der Waals surface area contributed by atoms with E-state index in [1.807, 2.05) is 24.3 Å². The third-order valence-corrected chi connectivity index (χ3v) is 3.34. The van der Waals surface area contributed by atoms with Gasteiger partial charge in [-0.1, -0.05) is 12.1 Å². The van der Waals surface area contributed by atoms with Gasteiger partial charge in [-0.05, 0) is 45.8 Å². The molecular formula is C15H15BrN2O2. The second-order valence-electron chi connectivity index (χ2n) is 4.38. The van der Waals surface area contributed by atoms with Crippen LogP contribution in [0.4, 0.5) is 0 Å². The number of carbonyl (C=O) groups excluding carboxylic acids is 1. The van der Waals surface area contributed by atoms with E-state index in [4.69, 9.17) is 4.74 Å². The van der Waals surface area contributed by atoms with Crippen molar-refractivity contribution in [3.05, 3.63) is 58.3 Å². The Morgan fingerprint density at radius 3 is 2.80 bits per heavy atom. The molecule has 2 aromatic rings. The molecule has 20 heavy (non-hydrogen) atoms. The van der Waals surface area contributed by atoms with E-state index in [-0.39, 0.29) is 5.91 Å². The summed E-state index contributed by atoms with van der Waals surface area (Å²) in [5, 5.41) is 0. The second kappa shape index (κ2) is 6.52. The van der Waals surface area contributed by atoms with Gasteiger partial charge in [0.25, 0.3) is 5.91 Å². The van der Waals surface area contributed by atoms with Crippen LogP contribution in [-0.2, 0) is 6.54 Å². The molecule has 0 spiro atoms. The molecule has 104 valence electrons. The number of rotatable bonds is 4. The fraction of sp³-hybridized carbons (Fsp3) is 0.200. The molecular weight excluding hydrogens is 320 g/mol. The standard InChI is InChI=1S/C15H15BrN2O2/c1-18(10-11-4-3-5-13(8-11)20-2)15(19)12-6-7-14(16)17-9-12/h3-9H,10H2,1-2H3. The molecule has 1 heterocycles. The SMILES string of the molecule is COc1cccc(CN(C)C(=O)c2ccc(Br)nc2)c1. The highest BCUT2D eigenvalue weighted by atomic mass is 79.9. The molecule has 0 bridgehead atoms. The summed E-state index contributed by atoms with van der Waals surface area (Å²) in [6.45, 7) is 0.520. The Morgan fingerprint density at radius 1 is 1.35 bits per heavy atom. The number of aromatic nitrogens is 1. The lowest BCUT2D eigenvalue weighted by Crippen LogP contribution is -2.26. The molecule has 0 aliphatic rings. The molecule has 0 saturated carbocycles. The van der Waals surface area contributed by atoms with Gasteiger partial charge in [-0.3, -0.25) is 4.79 Å². The zero-order valence-electron chi connectivity index (χ0n) is 11.3. The molecule has 4 nitrogen and oxygen atoms in total. The first kappa shape index (κ1) is 14.5. The maximum Gasteiger partial charge on any atom is 0.255 e. The third-order valence-electron chi connectivity index (χ3n) is 2.87. The topological polar surface area (TPSA) is 42.4 Å². The quantitative estimate of drug-likeness (QED) is 0.807. The molecule has 1 aromatic heterocycles. The van der Waals surface area contributed by atoms with Gasteiger partial charge in [0.1, 0.15) is 10.4 Å². The average Bonchev–Trinajstić information content (AvgIpc) is 2.47. The van der Waals surface area contributed by atoms with Crippen LogP contribution in [-0.4, -0.2) is 29.9 Å². The first-order valence-electron chi connectivity index (χ1n) is 6.10. The predicted molar refractivity (Wildman–Crippen MR) is 80.7 cm³/mol. The summed E-state index contributed by atoms with van der Waals surface area (Å²) in [4.78, 5) is 18.0. The Bertz CT molecular complexity index is 599. The number of hydrogen-bond acceptors (Lipinski definition) is 3. The molecule has 0 saturated heterocycles. The molecule has 0 radical (unpaired) electrons. The van der Waals surface area contributed by atoms with Crippen molar-refractivity contribution in [3.63, 3.8) is 0 Å². The van der Waals surface area contributed by atoms with E-state index < -0.39 is 0 Å². The van der Waals surface area contributed by atoms with Crippen molar-refractivity contribution in [3.8, 4) is 5.75 Å². The van der Waals surface area contributed by atoms with E-state index in [1.54, 1.807) is 37.4 Å². The number of halogens is 1. The number of methoxy groups -OCH3 is 1. The monoisotopic (exact) mass is 334 g/mol. The van der Waals surface area contributed by atoms with Gasteiger partial charge in [-0.2, -0.15) is 0 Å². The minimum Gasteiger partial charge on any atom is -0.497 e. The van der Waals surface area contributed by atoms with Gasteiger partial charge in [0.05, 0.1) is 12.7 Å². The van der Waals surface area contributed by atoms with Crippen molar-refractivity contribution in [2.75, 3.05) is 14.2 Å². The van der Waals surface area contributed by atoms with Crippen LogP contribution in [0.1, 0.15) is 15.9 Å². The van der Waals surface area contributed by atoms with Crippen molar-refractivity contribution < 1.29 is 9.53 Å². The van der Waals surface area contributed by atoms with E-state index in [0.29, 0.717) is 16.7 Å². The van der Waals surface area contributed by atoms with Crippen molar-refractivity contribution in [2.24, 2.45) is 0 Å². The molecule has 0 aliphatic carbocycles. The molecule has 5 heteroatoms. The van der Waals surface area contributed by atoms with Crippen LogP contribution in [0, 0.1) is 0 Å². The van der Waals surface area contributed by atoms with Crippen LogP contribution in [0.3, 0.4) is 0 Å². The number of hydrogen-bond donors (Lipinski definition) is 0. The van der Waals surface area contributed by atoms with Gasteiger partial charge < -0.3 is 9.64 Å². The Labute approximate surface area is 126 Å². The molecule has 0 atom stereocenters. The first-order chi connectivity index (χ1) is 9.60. The highest BCUT2D eigenvalue weighted by Gasteiger charge is 2.12. The van der Waals surface area contributed by atoms with Crippen LogP contribution in [0.15, 0.2) is 47.2 Å². The third kappa shape index (κ3) is 3.57. The Hall–Kier alpha value is -1.88. The molecule has 0 aliphatic heterocycles. The normalized spacial score (nSPS) is 10.2. The molecule has 0 unspecified atom stereocenters. The lowest BCUT2D eigenvalue weighted by molar-refractivity contribution is 0.0784. The minimum absolute atomic E-state index is 0.0622. The summed E-state index contributed by atoms with van der Waals surface area (Å²) < 4.78 is 5.89. The molecule has 2 rings (SSSR count). The van der Waals surface area contributed by atoms with Crippen LogP contribution < -0.4 is 4.74 Å². The summed E-state index contributed by atoms with van der Waals surface area (Å²) in [6, 6.07) is 11.2. The smallest absolute Gasteiger partial charge is 0.255 e. The fourth-order valence-corrected chi connectivity index (χ4v) is 2.07. The Morgan fingerprint density at radius 2 is 2.15 bits per heavy atom. The van der Waals surface area contributed by atoms with Gasteiger partial charge in [0.15, 0.2) is 0 Å². The maximum atomic E-state index is 12.3. The zero-order chi connectivity index (χ0) is 14.5. The largest absolute Gasteiger partial charge is 0.497 e. The highest BCUT2D eigenvalue weighted by Crippen LogP contribution is 2.15.